The molecule has 0 fully saturated rings. The fourth-order valence-electron chi connectivity index (χ4n) is 1.65. The minimum absolute atomic E-state index is 0.377. The summed E-state index contributed by atoms with van der Waals surface area (Å²) in [6.45, 7) is 3.44. The van der Waals surface area contributed by atoms with Crippen molar-refractivity contribution in [1.82, 2.24) is 15.3 Å². The molecule has 0 spiro atoms. The normalized spacial score (nSPS) is 10.6. The second-order valence-corrected chi connectivity index (χ2v) is 5.15. The van der Waals surface area contributed by atoms with Crippen molar-refractivity contribution >= 4 is 15.9 Å². The van der Waals surface area contributed by atoms with E-state index in [9.17, 15) is 4.39 Å². The number of rotatable bonds is 6. The van der Waals surface area contributed by atoms with Gasteiger partial charge in [0.2, 0.25) is 5.88 Å². The van der Waals surface area contributed by atoms with E-state index in [1.807, 2.05) is 0 Å². The Morgan fingerprint density at radius 3 is 2.90 bits per heavy atom. The van der Waals surface area contributed by atoms with Gasteiger partial charge in [0.05, 0.1) is 12.4 Å². The number of ether oxygens (including phenoxy) is 1. The summed E-state index contributed by atoms with van der Waals surface area (Å²) in [5.74, 6) is 0.558. The summed E-state index contributed by atoms with van der Waals surface area (Å²) in [6.07, 6.45) is 5.40. The van der Waals surface area contributed by atoms with E-state index < -0.39 is 0 Å². The fourth-order valence-corrected chi connectivity index (χ4v) is 1.99. The summed E-state index contributed by atoms with van der Waals surface area (Å²) in [5.41, 5.74) is 0.679. The van der Waals surface area contributed by atoms with Crippen molar-refractivity contribution in [1.29, 1.82) is 0 Å². The van der Waals surface area contributed by atoms with Crippen molar-refractivity contribution in [3.8, 4) is 11.6 Å². The molecule has 0 aliphatic carbocycles. The lowest BCUT2D eigenvalue weighted by Gasteiger charge is -2.10. The van der Waals surface area contributed by atoms with E-state index in [4.69, 9.17) is 4.74 Å². The van der Waals surface area contributed by atoms with Gasteiger partial charge in [-0.05, 0) is 41.0 Å². The van der Waals surface area contributed by atoms with Gasteiger partial charge < -0.3 is 10.1 Å². The monoisotopic (exact) mass is 339 g/mol. The molecule has 0 amide bonds. The maximum absolute atomic E-state index is 13.3. The Balaban J connectivity index is 2.17. The number of nitrogens with zero attached hydrogens (tertiary/aromatic N) is 2. The highest BCUT2D eigenvalue weighted by molar-refractivity contribution is 9.10. The standard InChI is InChI=1S/C14H15BrFN3O/c1-2-3-17-6-10-4-12(16)8-19-14(10)20-13-5-11(15)7-18-9-13/h4-5,7-9,17H,2-3,6H2,1H3. The third-order valence-electron chi connectivity index (χ3n) is 2.53. The van der Waals surface area contributed by atoms with Crippen LogP contribution in [0.5, 0.6) is 11.6 Å². The van der Waals surface area contributed by atoms with Crippen LogP contribution < -0.4 is 10.1 Å². The van der Waals surface area contributed by atoms with E-state index in [0.29, 0.717) is 23.7 Å². The largest absolute Gasteiger partial charge is 0.437 e. The molecule has 2 aromatic heterocycles. The molecule has 0 unspecified atom stereocenters. The van der Waals surface area contributed by atoms with Crippen molar-refractivity contribution in [3.05, 3.63) is 46.6 Å². The molecule has 0 radical (unpaired) electrons. The molecule has 0 aliphatic heterocycles. The first-order valence-electron chi connectivity index (χ1n) is 6.32. The van der Waals surface area contributed by atoms with Crippen LogP contribution >= 0.6 is 15.9 Å². The summed E-state index contributed by atoms with van der Waals surface area (Å²) < 4.78 is 19.8. The Morgan fingerprint density at radius 2 is 2.15 bits per heavy atom. The fraction of sp³-hybridized carbons (Fsp3) is 0.286. The quantitative estimate of drug-likeness (QED) is 0.815. The number of hydrogen-bond acceptors (Lipinski definition) is 4. The van der Waals surface area contributed by atoms with Crippen LogP contribution in [0, 0.1) is 5.82 Å². The molecule has 0 bridgehead atoms. The van der Waals surface area contributed by atoms with Crippen molar-refractivity contribution in [2.45, 2.75) is 19.9 Å². The SMILES string of the molecule is CCCNCc1cc(F)cnc1Oc1cncc(Br)c1. The molecule has 6 heteroatoms. The van der Waals surface area contributed by atoms with Gasteiger partial charge in [0.25, 0.3) is 0 Å². The summed E-state index contributed by atoms with van der Waals surface area (Å²) >= 11 is 3.32. The summed E-state index contributed by atoms with van der Waals surface area (Å²) in [5, 5.41) is 3.20. The Kier molecular flexibility index (Phi) is 5.43. The van der Waals surface area contributed by atoms with Gasteiger partial charge in [0, 0.05) is 22.8 Å². The van der Waals surface area contributed by atoms with Crippen molar-refractivity contribution in [3.63, 3.8) is 0 Å². The zero-order valence-electron chi connectivity index (χ0n) is 11.1. The minimum atomic E-state index is -0.377. The molecule has 2 rings (SSSR count). The molecule has 1 N–H and O–H groups in total. The number of aromatic nitrogens is 2. The molecular weight excluding hydrogens is 325 g/mol. The average molecular weight is 340 g/mol. The third kappa shape index (κ3) is 4.25. The highest BCUT2D eigenvalue weighted by atomic mass is 79.9. The number of pyridine rings is 2. The first kappa shape index (κ1) is 14.9. The van der Waals surface area contributed by atoms with Crippen molar-refractivity contribution < 1.29 is 9.13 Å². The second kappa shape index (κ2) is 7.31. The maximum atomic E-state index is 13.3. The Bertz CT molecular complexity index is 580. The van der Waals surface area contributed by atoms with Gasteiger partial charge in [-0.25, -0.2) is 9.37 Å². The van der Waals surface area contributed by atoms with E-state index in [1.165, 1.54) is 6.07 Å². The first-order chi connectivity index (χ1) is 9.69. The minimum Gasteiger partial charge on any atom is -0.437 e. The average Bonchev–Trinajstić information content (AvgIpc) is 2.42. The summed E-state index contributed by atoms with van der Waals surface area (Å²) in [6, 6.07) is 3.21. The van der Waals surface area contributed by atoms with E-state index in [-0.39, 0.29) is 5.82 Å². The molecule has 0 saturated carbocycles. The predicted octanol–water partition coefficient (Wildman–Crippen LogP) is 3.67. The Labute approximate surface area is 125 Å². The zero-order chi connectivity index (χ0) is 14.4. The molecule has 0 aromatic carbocycles. The van der Waals surface area contributed by atoms with E-state index in [0.717, 1.165) is 23.6 Å². The lowest BCUT2D eigenvalue weighted by Crippen LogP contribution is -2.15. The van der Waals surface area contributed by atoms with Gasteiger partial charge in [0.1, 0.15) is 11.6 Å². The van der Waals surface area contributed by atoms with Crippen LogP contribution in [0.3, 0.4) is 0 Å². The van der Waals surface area contributed by atoms with Crippen LogP contribution in [-0.4, -0.2) is 16.5 Å². The third-order valence-corrected chi connectivity index (χ3v) is 2.96. The molecule has 2 heterocycles. The van der Waals surface area contributed by atoms with Gasteiger partial charge in [-0.3, -0.25) is 4.98 Å². The van der Waals surface area contributed by atoms with Crippen molar-refractivity contribution in [2.24, 2.45) is 0 Å². The van der Waals surface area contributed by atoms with Gasteiger partial charge in [0.15, 0.2) is 0 Å². The molecule has 0 saturated heterocycles. The highest BCUT2D eigenvalue weighted by Crippen LogP contribution is 2.25. The van der Waals surface area contributed by atoms with Crippen LogP contribution in [0.15, 0.2) is 35.2 Å². The molecule has 0 aliphatic rings. The van der Waals surface area contributed by atoms with E-state index >= 15 is 0 Å². The highest BCUT2D eigenvalue weighted by Gasteiger charge is 2.09. The zero-order valence-corrected chi connectivity index (χ0v) is 12.7. The summed E-state index contributed by atoms with van der Waals surface area (Å²) in [7, 11) is 0. The van der Waals surface area contributed by atoms with Gasteiger partial charge in [-0.1, -0.05) is 6.92 Å². The molecule has 4 nitrogen and oxygen atoms in total. The molecule has 20 heavy (non-hydrogen) atoms. The van der Waals surface area contributed by atoms with Crippen LogP contribution in [-0.2, 0) is 6.54 Å². The maximum Gasteiger partial charge on any atom is 0.223 e. The van der Waals surface area contributed by atoms with Crippen LogP contribution in [0.2, 0.25) is 0 Å². The Morgan fingerprint density at radius 1 is 1.30 bits per heavy atom. The lowest BCUT2D eigenvalue weighted by molar-refractivity contribution is 0.446. The Hall–Kier alpha value is -1.53. The molecule has 0 atom stereocenters. The van der Waals surface area contributed by atoms with Crippen LogP contribution in [0.1, 0.15) is 18.9 Å². The number of hydrogen-bond donors (Lipinski definition) is 1. The topological polar surface area (TPSA) is 47.0 Å². The van der Waals surface area contributed by atoms with Crippen molar-refractivity contribution in [2.75, 3.05) is 6.54 Å². The van der Waals surface area contributed by atoms with E-state index in [2.05, 4.69) is 38.1 Å². The number of nitrogens with one attached hydrogen (secondary N) is 1. The lowest BCUT2D eigenvalue weighted by atomic mass is 10.2. The second-order valence-electron chi connectivity index (χ2n) is 4.24. The van der Waals surface area contributed by atoms with E-state index in [1.54, 1.807) is 18.5 Å². The first-order valence-corrected chi connectivity index (χ1v) is 7.12. The molecule has 2 aromatic rings. The number of halogens is 2. The van der Waals surface area contributed by atoms with Gasteiger partial charge in [-0.15, -0.1) is 0 Å². The summed E-state index contributed by atoms with van der Waals surface area (Å²) in [4.78, 5) is 8.02. The van der Waals surface area contributed by atoms with Gasteiger partial charge in [-0.2, -0.15) is 0 Å². The smallest absolute Gasteiger partial charge is 0.223 e. The van der Waals surface area contributed by atoms with Crippen LogP contribution in [0.25, 0.3) is 0 Å². The predicted molar refractivity (Wildman–Crippen MR) is 78.2 cm³/mol. The van der Waals surface area contributed by atoms with Gasteiger partial charge >= 0.3 is 0 Å². The van der Waals surface area contributed by atoms with Crippen LogP contribution in [0.4, 0.5) is 4.39 Å². The molecule has 106 valence electrons. The molecular formula is C14H15BrFN3O.